The van der Waals surface area contributed by atoms with Crippen molar-refractivity contribution in [3.8, 4) is 0 Å². The van der Waals surface area contributed by atoms with Crippen LogP contribution in [0.2, 0.25) is 0 Å². The van der Waals surface area contributed by atoms with Gasteiger partial charge in [-0.2, -0.15) is 0 Å². The van der Waals surface area contributed by atoms with E-state index in [0.29, 0.717) is 12.0 Å². The molecule has 0 fully saturated rings. The molecule has 1 aromatic rings. The number of sulfone groups is 1. The van der Waals surface area contributed by atoms with Crippen LogP contribution in [-0.2, 0) is 21.2 Å². The van der Waals surface area contributed by atoms with Gasteiger partial charge in [0.05, 0.1) is 4.90 Å². The van der Waals surface area contributed by atoms with Gasteiger partial charge in [-0.3, -0.25) is 4.79 Å². The van der Waals surface area contributed by atoms with Crippen LogP contribution in [0.1, 0.15) is 25.3 Å². The third kappa shape index (κ3) is 4.19. The van der Waals surface area contributed by atoms with Gasteiger partial charge >= 0.3 is 0 Å². The predicted molar refractivity (Wildman–Crippen MR) is 66.3 cm³/mol. The Morgan fingerprint density at radius 2 is 1.94 bits per heavy atom. The van der Waals surface area contributed by atoms with Crippen LogP contribution in [0.5, 0.6) is 0 Å². The maximum Gasteiger partial charge on any atom is 0.220 e. The maximum atomic E-state index is 11.5. The molecule has 0 aliphatic carbocycles. The number of nitrogens with one attached hydrogen (secondary N) is 1. The lowest BCUT2D eigenvalue weighted by molar-refractivity contribution is -0.121. The Bertz CT molecular complexity index is 494. The molecule has 1 amide bonds. The molecule has 0 unspecified atom stereocenters. The Labute approximate surface area is 102 Å². The van der Waals surface area contributed by atoms with Gasteiger partial charge < -0.3 is 5.32 Å². The summed E-state index contributed by atoms with van der Waals surface area (Å²) in [5.74, 6) is -0.0594. The van der Waals surface area contributed by atoms with E-state index >= 15 is 0 Å². The van der Waals surface area contributed by atoms with Gasteiger partial charge in [0.25, 0.3) is 0 Å². The molecule has 0 aliphatic rings. The van der Waals surface area contributed by atoms with Crippen LogP contribution in [0.3, 0.4) is 0 Å². The molecule has 0 saturated carbocycles. The summed E-state index contributed by atoms with van der Waals surface area (Å²) in [4.78, 5) is 11.6. The summed E-state index contributed by atoms with van der Waals surface area (Å²) in [5, 5.41) is 2.71. The molecule has 0 atom stereocenters. The maximum absolute atomic E-state index is 11.5. The normalized spacial score (nSPS) is 11.2. The van der Waals surface area contributed by atoms with Gasteiger partial charge in [0.15, 0.2) is 9.84 Å². The largest absolute Gasteiger partial charge is 0.352 e. The molecule has 0 aliphatic heterocycles. The van der Waals surface area contributed by atoms with Gasteiger partial charge in [-0.25, -0.2) is 8.42 Å². The third-order valence-corrected chi connectivity index (χ3v) is 3.52. The topological polar surface area (TPSA) is 63.2 Å². The number of carbonyl (C=O) groups excluding carboxylic acids is 1. The Balaban J connectivity index is 2.82. The van der Waals surface area contributed by atoms with Gasteiger partial charge in [-0.05, 0) is 18.1 Å². The smallest absolute Gasteiger partial charge is 0.220 e. The van der Waals surface area contributed by atoms with Crippen LogP contribution in [0, 0.1) is 0 Å². The Hall–Kier alpha value is -1.36. The predicted octanol–water partition coefficient (Wildman–Crippen LogP) is 1.51. The quantitative estimate of drug-likeness (QED) is 0.867. The number of rotatable bonds is 5. The molecule has 17 heavy (non-hydrogen) atoms. The summed E-state index contributed by atoms with van der Waals surface area (Å²) in [7, 11) is -3.24. The molecule has 0 bridgehead atoms. The first kappa shape index (κ1) is 13.7. The van der Waals surface area contributed by atoms with Crippen LogP contribution in [-0.4, -0.2) is 20.6 Å². The second kappa shape index (κ2) is 5.82. The number of carbonyl (C=O) groups is 1. The van der Waals surface area contributed by atoms with Gasteiger partial charge in [0, 0.05) is 19.2 Å². The monoisotopic (exact) mass is 255 g/mol. The first-order valence-corrected chi connectivity index (χ1v) is 7.39. The Morgan fingerprint density at radius 3 is 2.53 bits per heavy atom. The molecule has 0 saturated heterocycles. The zero-order chi connectivity index (χ0) is 12.9. The molecular formula is C12H17NO3S. The summed E-state index contributed by atoms with van der Waals surface area (Å²) >= 11 is 0. The molecule has 0 heterocycles. The molecule has 1 N–H and O–H groups in total. The minimum absolute atomic E-state index is 0.0594. The van der Waals surface area contributed by atoms with Crippen molar-refractivity contribution >= 4 is 15.7 Å². The fraction of sp³-hybridized carbons (Fsp3) is 0.417. The Morgan fingerprint density at radius 1 is 1.29 bits per heavy atom. The second-order valence-electron chi connectivity index (χ2n) is 3.91. The van der Waals surface area contributed by atoms with Crippen molar-refractivity contribution in [1.82, 2.24) is 5.32 Å². The standard InChI is InChI=1S/C12H17NO3S/c1-3-6-12(14)13-9-10-7-4-5-8-11(10)17(2,15)16/h4-5,7-8H,3,6,9H2,1-2H3,(H,13,14). The first-order chi connectivity index (χ1) is 7.95. The van der Waals surface area contributed by atoms with Gasteiger partial charge in [0.1, 0.15) is 0 Å². The summed E-state index contributed by atoms with van der Waals surface area (Å²) in [6.45, 7) is 2.17. The van der Waals surface area contributed by atoms with Crippen molar-refractivity contribution in [1.29, 1.82) is 0 Å². The van der Waals surface area contributed by atoms with Crippen LogP contribution in [0.25, 0.3) is 0 Å². The summed E-state index contributed by atoms with van der Waals surface area (Å²) in [6.07, 6.45) is 2.40. The number of hydrogen-bond acceptors (Lipinski definition) is 3. The van der Waals surface area contributed by atoms with E-state index < -0.39 is 9.84 Å². The summed E-state index contributed by atoms with van der Waals surface area (Å²) in [6, 6.07) is 6.70. The van der Waals surface area contributed by atoms with Gasteiger partial charge in [0.2, 0.25) is 5.91 Å². The molecule has 1 aromatic carbocycles. The molecule has 0 radical (unpaired) electrons. The second-order valence-corrected chi connectivity index (χ2v) is 5.89. The number of hydrogen-bond donors (Lipinski definition) is 1. The zero-order valence-corrected chi connectivity index (χ0v) is 10.9. The van der Waals surface area contributed by atoms with Crippen molar-refractivity contribution < 1.29 is 13.2 Å². The molecule has 0 aromatic heterocycles. The van der Waals surface area contributed by atoms with E-state index in [-0.39, 0.29) is 17.3 Å². The van der Waals surface area contributed by atoms with Crippen molar-refractivity contribution in [2.24, 2.45) is 0 Å². The first-order valence-electron chi connectivity index (χ1n) is 5.49. The van der Waals surface area contributed by atoms with E-state index in [0.717, 1.165) is 6.42 Å². The molecule has 94 valence electrons. The molecular weight excluding hydrogens is 238 g/mol. The van der Waals surface area contributed by atoms with Crippen molar-refractivity contribution in [3.63, 3.8) is 0 Å². The molecule has 1 rings (SSSR count). The van der Waals surface area contributed by atoms with E-state index in [2.05, 4.69) is 5.32 Å². The fourth-order valence-electron chi connectivity index (χ4n) is 1.52. The van der Waals surface area contributed by atoms with Crippen molar-refractivity contribution in [2.75, 3.05) is 6.26 Å². The zero-order valence-electron chi connectivity index (χ0n) is 10.1. The van der Waals surface area contributed by atoms with Crippen LogP contribution in [0.4, 0.5) is 0 Å². The van der Waals surface area contributed by atoms with E-state index in [1.165, 1.54) is 6.26 Å². The Kier molecular flexibility index (Phi) is 4.69. The minimum atomic E-state index is -3.24. The number of amides is 1. The average Bonchev–Trinajstić information content (AvgIpc) is 2.26. The van der Waals surface area contributed by atoms with E-state index in [1.54, 1.807) is 24.3 Å². The summed E-state index contributed by atoms with van der Waals surface area (Å²) in [5.41, 5.74) is 0.624. The van der Waals surface area contributed by atoms with Crippen LogP contribution < -0.4 is 5.32 Å². The highest BCUT2D eigenvalue weighted by atomic mass is 32.2. The molecule has 5 heteroatoms. The van der Waals surface area contributed by atoms with Crippen molar-refractivity contribution in [3.05, 3.63) is 29.8 Å². The highest BCUT2D eigenvalue weighted by molar-refractivity contribution is 7.90. The highest BCUT2D eigenvalue weighted by Gasteiger charge is 2.12. The van der Waals surface area contributed by atoms with Gasteiger partial charge in [-0.1, -0.05) is 25.1 Å². The van der Waals surface area contributed by atoms with Crippen LogP contribution >= 0.6 is 0 Å². The van der Waals surface area contributed by atoms with Crippen LogP contribution in [0.15, 0.2) is 29.2 Å². The third-order valence-electron chi connectivity index (χ3n) is 2.33. The van der Waals surface area contributed by atoms with Gasteiger partial charge in [-0.15, -0.1) is 0 Å². The molecule has 0 spiro atoms. The minimum Gasteiger partial charge on any atom is -0.352 e. The summed E-state index contributed by atoms with van der Waals surface area (Å²) < 4.78 is 23.0. The van der Waals surface area contributed by atoms with E-state index in [9.17, 15) is 13.2 Å². The van der Waals surface area contributed by atoms with E-state index in [4.69, 9.17) is 0 Å². The molecule has 4 nitrogen and oxygen atoms in total. The van der Waals surface area contributed by atoms with Crippen molar-refractivity contribution in [2.45, 2.75) is 31.2 Å². The number of benzene rings is 1. The lowest BCUT2D eigenvalue weighted by atomic mass is 10.2. The SMILES string of the molecule is CCCC(=O)NCc1ccccc1S(C)(=O)=O. The lowest BCUT2D eigenvalue weighted by Gasteiger charge is -2.08. The van der Waals surface area contributed by atoms with E-state index in [1.807, 2.05) is 6.92 Å². The fourth-order valence-corrected chi connectivity index (χ4v) is 2.46. The highest BCUT2D eigenvalue weighted by Crippen LogP contribution is 2.14. The average molecular weight is 255 g/mol. The lowest BCUT2D eigenvalue weighted by Crippen LogP contribution is -2.23.